The molecule has 0 aliphatic carbocycles. The quantitative estimate of drug-likeness (QED) is 0.335. The van der Waals surface area contributed by atoms with E-state index in [4.69, 9.17) is 4.98 Å². The highest BCUT2D eigenvalue weighted by Gasteiger charge is 2.16. The number of nitrogens with zero attached hydrogens (tertiary/aromatic N) is 2. The van der Waals surface area contributed by atoms with Gasteiger partial charge in [0.05, 0.1) is 5.69 Å². The second-order valence-corrected chi connectivity index (χ2v) is 8.74. The Morgan fingerprint density at radius 3 is 2.07 bits per heavy atom. The Hall–Kier alpha value is -2.35. The summed E-state index contributed by atoms with van der Waals surface area (Å²) in [4.78, 5) is 4.94. The predicted molar refractivity (Wildman–Crippen MR) is 129 cm³/mol. The fourth-order valence-corrected chi connectivity index (χ4v) is 4.60. The van der Waals surface area contributed by atoms with E-state index in [-0.39, 0.29) is 0 Å². The number of hydrogen-bond acceptors (Lipinski definition) is 1. The van der Waals surface area contributed by atoms with Crippen molar-refractivity contribution in [3.8, 4) is 11.4 Å². The molecule has 0 aliphatic rings. The second-order valence-electron chi connectivity index (χ2n) is 8.74. The van der Waals surface area contributed by atoms with Crippen LogP contribution < -0.4 is 0 Å². The van der Waals surface area contributed by atoms with Crippen molar-refractivity contribution >= 4 is 0 Å². The number of aryl methyl sites for hydroxylation is 4. The van der Waals surface area contributed by atoms with Crippen LogP contribution in [0.4, 0.5) is 0 Å². The molecule has 0 saturated carbocycles. The summed E-state index contributed by atoms with van der Waals surface area (Å²) in [7, 11) is 0. The lowest BCUT2D eigenvalue weighted by molar-refractivity contribution is 0.602. The van der Waals surface area contributed by atoms with Crippen molar-refractivity contribution in [2.75, 3.05) is 0 Å². The van der Waals surface area contributed by atoms with Gasteiger partial charge in [0.15, 0.2) is 0 Å². The standard InChI is InChI=1S/C28H38N2/c1-7-25(8-2)26-17-15-24(16-18-26)14-9-10-19-30-23(6)22(5)29-28(30)27-20(3)12-11-13-21(27)4/h11-13,15-18,25H,7-10,14,19H2,1-6H3. The number of benzene rings is 2. The molecule has 1 heterocycles. The molecule has 3 aromatic rings. The molecule has 0 saturated heterocycles. The lowest BCUT2D eigenvalue weighted by atomic mass is 9.93. The van der Waals surface area contributed by atoms with Crippen molar-refractivity contribution in [2.45, 2.75) is 86.1 Å². The Morgan fingerprint density at radius 1 is 0.833 bits per heavy atom. The van der Waals surface area contributed by atoms with Crippen molar-refractivity contribution in [3.05, 3.63) is 76.1 Å². The van der Waals surface area contributed by atoms with Crippen molar-refractivity contribution in [2.24, 2.45) is 0 Å². The summed E-state index contributed by atoms with van der Waals surface area (Å²) in [5, 5.41) is 0. The Kier molecular flexibility index (Phi) is 7.53. The summed E-state index contributed by atoms with van der Waals surface area (Å²) in [6, 6.07) is 15.9. The van der Waals surface area contributed by atoms with E-state index in [0.717, 1.165) is 24.5 Å². The molecule has 0 N–H and O–H groups in total. The third kappa shape index (κ3) is 4.86. The van der Waals surface area contributed by atoms with Crippen LogP contribution in [-0.2, 0) is 13.0 Å². The molecule has 0 spiro atoms. The van der Waals surface area contributed by atoms with Crippen LogP contribution in [0.25, 0.3) is 11.4 Å². The SMILES string of the molecule is CCC(CC)c1ccc(CCCCn2c(-c3c(C)cccc3C)nc(C)c2C)cc1. The fourth-order valence-electron chi connectivity index (χ4n) is 4.60. The van der Waals surface area contributed by atoms with E-state index in [1.54, 1.807) is 0 Å². The third-order valence-electron chi connectivity index (χ3n) is 6.70. The first-order valence-electron chi connectivity index (χ1n) is 11.6. The minimum atomic E-state index is 0.704. The number of rotatable bonds is 9. The van der Waals surface area contributed by atoms with Crippen LogP contribution in [-0.4, -0.2) is 9.55 Å². The van der Waals surface area contributed by atoms with Crippen molar-refractivity contribution < 1.29 is 0 Å². The molecule has 2 aromatic carbocycles. The first-order valence-corrected chi connectivity index (χ1v) is 11.6. The maximum Gasteiger partial charge on any atom is 0.140 e. The van der Waals surface area contributed by atoms with E-state index in [0.29, 0.717) is 5.92 Å². The van der Waals surface area contributed by atoms with Gasteiger partial charge in [-0.2, -0.15) is 0 Å². The first kappa shape index (κ1) is 22.3. The van der Waals surface area contributed by atoms with Gasteiger partial charge in [-0.25, -0.2) is 4.98 Å². The highest BCUT2D eigenvalue weighted by atomic mass is 15.1. The van der Waals surface area contributed by atoms with Crippen LogP contribution in [0.1, 0.15) is 79.1 Å². The number of imidazole rings is 1. The van der Waals surface area contributed by atoms with Gasteiger partial charge < -0.3 is 4.57 Å². The molecule has 2 nitrogen and oxygen atoms in total. The van der Waals surface area contributed by atoms with Gasteiger partial charge in [0, 0.05) is 17.8 Å². The first-order chi connectivity index (χ1) is 14.5. The molecule has 2 heteroatoms. The highest BCUT2D eigenvalue weighted by Crippen LogP contribution is 2.29. The third-order valence-corrected chi connectivity index (χ3v) is 6.70. The van der Waals surface area contributed by atoms with E-state index in [1.165, 1.54) is 59.2 Å². The molecule has 0 unspecified atom stereocenters. The second kappa shape index (κ2) is 10.1. The van der Waals surface area contributed by atoms with Gasteiger partial charge in [-0.15, -0.1) is 0 Å². The average molecular weight is 403 g/mol. The van der Waals surface area contributed by atoms with Crippen LogP contribution in [0, 0.1) is 27.7 Å². The Morgan fingerprint density at radius 2 is 1.47 bits per heavy atom. The summed E-state index contributed by atoms with van der Waals surface area (Å²) in [5.41, 5.74) is 9.29. The Balaban J connectivity index is 1.66. The van der Waals surface area contributed by atoms with Crippen LogP contribution in [0.5, 0.6) is 0 Å². The van der Waals surface area contributed by atoms with Crippen LogP contribution >= 0.6 is 0 Å². The smallest absolute Gasteiger partial charge is 0.140 e. The van der Waals surface area contributed by atoms with Gasteiger partial charge in [0.2, 0.25) is 0 Å². The van der Waals surface area contributed by atoms with Crippen molar-refractivity contribution in [3.63, 3.8) is 0 Å². The van der Waals surface area contributed by atoms with E-state index in [2.05, 4.69) is 88.6 Å². The van der Waals surface area contributed by atoms with Gasteiger partial charge >= 0.3 is 0 Å². The van der Waals surface area contributed by atoms with Crippen LogP contribution in [0.2, 0.25) is 0 Å². The molecule has 0 amide bonds. The topological polar surface area (TPSA) is 17.8 Å². The summed E-state index contributed by atoms with van der Waals surface area (Å²) in [6.07, 6.45) is 5.97. The summed E-state index contributed by atoms with van der Waals surface area (Å²) < 4.78 is 2.43. The Labute approximate surface area is 183 Å². The summed E-state index contributed by atoms with van der Waals surface area (Å²) in [6.45, 7) is 14.3. The maximum absolute atomic E-state index is 4.94. The number of hydrogen-bond donors (Lipinski definition) is 0. The van der Waals surface area contributed by atoms with Crippen molar-refractivity contribution in [1.82, 2.24) is 9.55 Å². The zero-order valence-corrected chi connectivity index (χ0v) is 19.8. The predicted octanol–water partition coefficient (Wildman–Crippen LogP) is 7.71. The highest BCUT2D eigenvalue weighted by molar-refractivity contribution is 5.65. The minimum absolute atomic E-state index is 0.704. The van der Waals surface area contributed by atoms with Gasteiger partial charge in [-0.1, -0.05) is 56.3 Å². The average Bonchev–Trinajstić information content (AvgIpc) is 3.01. The van der Waals surface area contributed by atoms with E-state index in [1.807, 2.05) is 0 Å². The fraction of sp³-hybridized carbons (Fsp3) is 0.464. The molecule has 0 bridgehead atoms. The van der Waals surface area contributed by atoms with Gasteiger partial charge in [0.1, 0.15) is 5.82 Å². The molecule has 0 atom stereocenters. The molecule has 0 fully saturated rings. The van der Waals surface area contributed by atoms with Crippen LogP contribution in [0.3, 0.4) is 0 Å². The molecule has 0 aliphatic heterocycles. The molecule has 0 radical (unpaired) electrons. The Bertz CT molecular complexity index is 939. The lowest BCUT2D eigenvalue weighted by Gasteiger charge is -2.14. The summed E-state index contributed by atoms with van der Waals surface area (Å²) in [5.74, 6) is 1.84. The van der Waals surface area contributed by atoms with E-state index >= 15 is 0 Å². The molecular weight excluding hydrogens is 364 g/mol. The van der Waals surface area contributed by atoms with Gasteiger partial charge in [0.25, 0.3) is 0 Å². The zero-order valence-electron chi connectivity index (χ0n) is 19.8. The maximum atomic E-state index is 4.94. The van der Waals surface area contributed by atoms with E-state index in [9.17, 15) is 0 Å². The minimum Gasteiger partial charge on any atom is -0.328 e. The largest absolute Gasteiger partial charge is 0.328 e. The molecule has 30 heavy (non-hydrogen) atoms. The van der Waals surface area contributed by atoms with Crippen LogP contribution in [0.15, 0.2) is 42.5 Å². The van der Waals surface area contributed by atoms with Gasteiger partial charge in [-0.3, -0.25) is 0 Å². The van der Waals surface area contributed by atoms with Gasteiger partial charge in [-0.05, 0) is 88.0 Å². The normalized spacial score (nSPS) is 11.4. The molecule has 3 rings (SSSR count). The molecule has 160 valence electrons. The monoisotopic (exact) mass is 402 g/mol. The molecule has 1 aromatic heterocycles. The molecular formula is C28H38N2. The van der Waals surface area contributed by atoms with Crippen molar-refractivity contribution in [1.29, 1.82) is 0 Å². The zero-order chi connectivity index (χ0) is 21.7. The van der Waals surface area contributed by atoms with E-state index < -0.39 is 0 Å². The lowest BCUT2D eigenvalue weighted by Crippen LogP contribution is -2.05. The number of unbranched alkanes of at least 4 members (excludes halogenated alkanes) is 1. The summed E-state index contributed by atoms with van der Waals surface area (Å²) >= 11 is 0. The number of aromatic nitrogens is 2.